The Morgan fingerprint density at radius 2 is 1.94 bits per heavy atom. The lowest BCUT2D eigenvalue weighted by Gasteiger charge is -2.09. The highest BCUT2D eigenvalue weighted by Gasteiger charge is 2.15. The summed E-state index contributed by atoms with van der Waals surface area (Å²) in [5.74, 6) is -0.515. The molecule has 0 aliphatic heterocycles. The van der Waals surface area contributed by atoms with E-state index in [0.29, 0.717) is 0 Å². The fourth-order valence-corrected chi connectivity index (χ4v) is 2.05. The number of carbonyl (C=O) groups is 1. The van der Waals surface area contributed by atoms with Gasteiger partial charge in [-0.2, -0.15) is 0 Å². The van der Waals surface area contributed by atoms with Crippen molar-refractivity contribution in [1.82, 2.24) is 0 Å². The van der Waals surface area contributed by atoms with Crippen LogP contribution >= 0.6 is 10.7 Å². The number of hydrogen-bond donors (Lipinski definition) is 1. The lowest BCUT2D eigenvalue weighted by atomic mass is 10.1. The molecule has 0 spiro atoms. The van der Waals surface area contributed by atoms with Gasteiger partial charge in [0.25, 0.3) is 9.05 Å². The first-order chi connectivity index (χ1) is 7.84. The molecule has 17 heavy (non-hydrogen) atoms. The SMILES string of the molecule is COC(=O)[C@@H](N)Cc1ccc(S(=O)(=O)Cl)cc1. The van der Waals surface area contributed by atoms with Crippen molar-refractivity contribution in [3.05, 3.63) is 29.8 Å². The van der Waals surface area contributed by atoms with E-state index in [1.165, 1.54) is 19.2 Å². The molecule has 1 rings (SSSR count). The van der Waals surface area contributed by atoms with Gasteiger partial charge in [0.1, 0.15) is 6.04 Å². The van der Waals surface area contributed by atoms with Crippen molar-refractivity contribution < 1.29 is 17.9 Å². The van der Waals surface area contributed by atoms with Crippen LogP contribution in [-0.4, -0.2) is 27.5 Å². The molecule has 0 heterocycles. The van der Waals surface area contributed by atoms with Crippen LogP contribution < -0.4 is 5.73 Å². The van der Waals surface area contributed by atoms with Gasteiger partial charge >= 0.3 is 5.97 Å². The molecule has 0 saturated carbocycles. The van der Waals surface area contributed by atoms with Crippen LogP contribution in [0.3, 0.4) is 0 Å². The molecule has 0 unspecified atom stereocenters. The van der Waals surface area contributed by atoms with Crippen molar-refractivity contribution in [2.24, 2.45) is 5.73 Å². The summed E-state index contributed by atoms with van der Waals surface area (Å²) in [5.41, 5.74) is 6.29. The maximum Gasteiger partial charge on any atom is 0.322 e. The molecule has 2 N–H and O–H groups in total. The van der Waals surface area contributed by atoms with Crippen molar-refractivity contribution in [3.63, 3.8) is 0 Å². The van der Waals surface area contributed by atoms with Gasteiger partial charge in [0.2, 0.25) is 0 Å². The number of hydrogen-bond acceptors (Lipinski definition) is 5. The van der Waals surface area contributed by atoms with Gasteiger partial charge in [0, 0.05) is 10.7 Å². The Balaban J connectivity index is 2.79. The Kier molecular flexibility index (Phi) is 4.50. The van der Waals surface area contributed by atoms with E-state index in [0.717, 1.165) is 5.56 Å². The Morgan fingerprint density at radius 1 is 1.41 bits per heavy atom. The van der Waals surface area contributed by atoms with Gasteiger partial charge in [-0.15, -0.1) is 0 Å². The molecular weight excluding hydrogens is 266 g/mol. The van der Waals surface area contributed by atoms with Gasteiger partial charge in [-0.05, 0) is 24.1 Å². The van der Waals surface area contributed by atoms with Crippen molar-refractivity contribution in [2.75, 3.05) is 7.11 Å². The molecule has 0 radical (unpaired) electrons. The minimum Gasteiger partial charge on any atom is -0.468 e. The zero-order chi connectivity index (χ0) is 13.1. The van der Waals surface area contributed by atoms with Crippen LogP contribution in [-0.2, 0) is 25.0 Å². The van der Waals surface area contributed by atoms with E-state index < -0.39 is 21.1 Å². The highest BCUT2D eigenvalue weighted by atomic mass is 35.7. The third-order valence-electron chi connectivity index (χ3n) is 2.16. The van der Waals surface area contributed by atoms with E-state index in [4.69, 9.17) is 16.4 Å². The summed E-state index contributed by atoms with van der Waals surface area (Å²) in [6, 6.07) is 5.07. The van der Waals surface area contributed by atoms with Crippen molar-refractivity contribution >= 4 is 25.7 Å². The minimum atomic E-state index is -3.72. The maximum atomic E-state index is 11.1. The topological polar surface area (TPSA) is 86.5 Å². The fraction of sp³-hybridized carbons (Fsp3) is 0.300. The Hall–Kier alpha value is -1.11. The largest absolute Gasteiger partial charge is 0.468 e. The third kappa shape index (κ3) is 3.99. The number of ether oxygens (including phenoxy) is 1. The molecule has 1 aromatic carbocycles. The Bertz CT molecular complexity index is 498. The van der Waals surface area contributed by atoms with E-state index >= 15 is 0 Å². The van der Waals surface area contributed by atoms with Crippen molar-refractivity contribution in [2.45, 2.75) is 17.4 Å². The van der Waals surface area contributed by atoms with Crippen molar-refractivity contribution in [3.8, 4) is 0 Å². The quantitative estimate of drug-likeness (QED) is 0.645. The summed E-state index contributed by atoms with van der Waals surface area (Å²) in [5, 5.41) is 0. The monoisotopic (exact) mass is 277 g/mol. The molecule has 94 valence electrons. The number of halogens is 1. The van der Waals surface area contributed by atoms with Gasteiger partial charge in [0.05, 0.1) is 12.0 Å². The molecule has 1 aromatic rings. The summed E-state index contributed by atoms with van der Waals surface area (Å²) < 4.78 is 26.5. The number of carbonyl (C=O) groups excluding carboxylic acids is 1. The van der Waals surface area contributed by atoms with Crippen LogP contribution in [0.25, 0.3) is 0 Å². The molecule has 0 aliphatic rings. The Labute approximate surface area is 104 Å². The minimum absolute atomic E-state index is 0.00885. The van der Waals surface area contributed by atoms with Gasteiger partial charge in [-0.25, -0.2) is 8.42 Å². The first kappa shape index (κ1) is 14.0. The van der Waals surface area contributed by atoms with Gasteiger partial charge in [-0.1, -0.05) is 12.1 Å². The Morgan fingerprint density at radius 3 is 2.35 bits per heavy atom. The fourth-order valence-electron chi connectivity index (χ4n) is 1.28. The summed E-state index contributed by atoms with van der Waals surface area (Å²) in [4.78, 5) is 11.1. The summed E-state index contributed by atoms with van der Waals surface area (Å²) >= 11 is 0. The molecule has 0 fully saturated rings. The number of rotatable bonds is 4. The second-order valence-corrected chi connectivity index (χ2v) is 5.98. The van der Waals surface area contributed by atoms with Gasteiger partial charge in [0.15, 0.2) is 0 Å². The predicted octanol–water partition coefficient (Wildman–Crippen LogP) is 0.657. The standard InChI is InChI=1S/C10H12ClNO4S/c1-16-10(13)9(12)6-7-2-4-8(5-3-7)17(11,14)15/h2-5,9H,6,12H2,1H3/t9-/m0/s1. The van der Waals surface area contributed by atoms with E-state index in [1.54, 1.807) is 12.1 Å². The zero-order valence-electron chi connectivity index (χ0n) is 9.09. The molecular formula is C10H12ClNO4S. The van der Waals surface area contributed by atoms with Crippen LogP contribution in [0, 0.1) is 0 Å². The zero-order valence-corrected chi connectivity index (χ0v) is 10.7. The molecule has 0 aromatic heterocycles. The van der Waals surface area contributed by atoms with Crippen LogP contribution in [0.4, 0.5) is 0 Å². The third-order valence-corrected chi connectivity index (χ3v) is 3.53. The second kappa shape index (κ2) is 5.48. The number of nitrogens with two attached hydrogens (primary N) is 1. The van der Waals surface area contributed by atoms with Crippen LogP contribution in [0.5, 0.6) is 0 Å². The number of esters is 1. The predicted molar refractivity (Wildman–Crippen MR) is 63.2 cm³/mol. The smallest absolute Gasteiger partial charge is 0.322 e. The normalized spacial score (nSPS) is 13.1. The molecule has 0 bridgehead atoms. The van der Waals surface area contributed by atoms with Crippen LogP contribution in [0.1, 0.15) is 5.56 Å². The molecule has 0 amide bonds. The summed E-state index contributed by atoms with van der Waals surface area (Å²) in [6.45, 7) is 0. The second-order valence-electron chi connectivity index (χ2n) is 3.42. The first-order valence-corrected chi connectivity index (χ1v) is 7.02. The van der Waals surface area contributed by atoms with Crippen molar-refractivity contribution in [1.29, 1.82) is 0 Å². The lowest BCUT2D eigenvalue weighted by molar-refractivity contribution is -0.142. The van der Waals surface area contributed by atoms with E-state index in [-0.39, 0.29) is 11.3 Å². The maximum absolute atomic E-state index is 11.1. The lowest BCUT2D eigenvalue weighted by Crippen LogP contribution is -2.33. The number of methoxy groups -OCH3 is 1. The van der Waals surface area contributed by atoms with Gasteiger partial charge < -0.3 is 10.5 Å². The van der Waals surface area contributed by atoms with Crippen LogP contribution in [0.15, 0.2) is 29.2 Å². The first-order valence-electron chi connectivity index (χ1n) is 4.71. The highest BCUT2D eigenvalue weighted by Crippen LogP contribution is 2.15. The average molecular weight is 278 g/mol. The van der Waals surface area contributed by atoms with Gasteiger partial charge in [-0.3, -0.25) is 4.79 Å². The molecule has 5 nitrogen and oxygen atoms in total. The molecule has 0 saturated heterocycles. The van der Waals surface area contributed by atoms with Crippen LogP contribution in [0.2, 0.25) is 0 Å². The molecule has 1 atom stereocenters. The van der Waals surface area contributed by atoms with E-state index in [2.05, 4.69) is 4.74 Å². The summed E-state index contributed by atoms with van der Waals surface area (Å²) in [7, 11) is 2.70. The van der Waals surface area contributed by atoms with E-state index in [1.807, 2.05) is 0 Å². The molecule has 0 aliphatic carbocycles. The summed E-state index contributed by atoms with van der Waals surface area (Å²) in [6.07, 6.45) is 0.273. The molecule has 7 heteroatoms. The average Bonchev–Trinajstić information content (AvgIpc) is 2.27. The number of benzene rings is 1. The highest BCUT2D eigenvalue weighted by molar-refractivity contribution is 8.13. The van der Waals surface area contributed by atoms with E-state index in [9.17, 15) is 13.2 Å².